The molecular weight excluding hydrogens is 400 g/mol. The lowest BCUT2D eigenvalue weighted by Crippen LogP contribution is -2.53. The van der Waals surface area contributed by atoms with E-state index < -0.39 is 0 Å². The average molecular weight is 429 g/mol. The summed E-state index contributed by atoms with van der Waals surface area (Å²) in [6.07, 6.45) is 2.53. The van der Waals surface area contributed by atoms with Gasteiger partial charge in [-0.3, -0.25) is 14.5 Å². The summed E-state index contributed by atoms with van der Waals surface area (Å²) in [5.74, 6) is 0.829. The van der Waals surface area contributed by atoms with Crippen LogP contribution >= 0.6 is 12.2 Å². The molecule has 0 saturated carbocycles. The van der Waals surface area contributed by atoms with E-state index in [1.807, 2.05) is 50.5 Å². The number of carbonyl (C=O) groups excluding carboxylic acids is 2. The van der Waals surface area contributed by atoms with Crippen LogP contribution in [0.15, 0.2) is 24.3 Å². The fourth-order valence-corrected chi connectivity index (χ4v) is 4.29. The van der Waals surface area contributed by atoms with Crippen molar-refractivity contribution in [2.45, 2.75) is 32.7 Å². The highest BCUT2D eigenvalue weighted by atomic mass is 32.1. The first-order valence-corrected chi connectivity index (χ1v) is 11.0. The zero-order valence-electron chi connectivity index (χ0n) is 17.3. The van der Waals surface area contributed by atoms with Crippen LogP contribution in [-0.2, 0) is 11.3 Å². The van der Waals surface area contributed by atoms with Gasteiger partial charge in [0.05, 0.1) is 0 Å². The molecule has 2 aliphatic heterocycles. The van der Waals surface area contributed by atoms with Gasteiger partial charge in [0.1, 0.15) is 0 Å². The number of urea groups is 1. The van der Waals surface area contributed by atoms with Crippen LogP contribution in [0.1, 0.15) is 24.8 Å². The summed E-state index contributed by atoms with van der Waals surface area (Å²) in [6.45, 7) is 6.59. The third-order valence-electron chi connectivity index (χ3n) is 5.90. The molecule has 1 aromatic heterocycles. The second-order valence-electron chi connectivity index (χ2n) is 7.96. The van der Waals surface area contributed by atoms with Crippen molar-refractivity contribution in [2.75, 3.05) is 39.3 Å². The van der Waals surface area contributed by atoms with Crippen LogP contribution < -0.4 is 0 Å². The summed E-state index contributed by atoms with van der Waals surface area (Å²) in [7, 11) is 0. The van der Waals surface area contributed by atoms with Crippen molar-refractivity contribution in [2.24, 2.45) is 0 Å². The topological polar surface area (TPSA) is 77.5 Å². The largest absolute Gasteiger partial charge is 0.339 e. The van der Waals surface area contributed by atoms with E-state index in [9.17, 15) is 9.59 Å². The highest BCUT2D eigenvalue weighted by molar-refractivity contribution is 7.71. The smallest absolute Gasteiger partial charge is 0.320 e. The van der Waals surface area contributed by atoms with Crippen LogP contribution in [0.5, 0.6) is 0 Å². The number of benzene rings is 1. The maximum atomic E-state index is 12.8. The van der Waals surface area contributed by atoms with Gasteiger partial charge in [-0.2, -0.15) is 5.10 Å². The molecule has 0 unspecified atom stereocenters. The Morgan fingerprint density at radius 2 is 1.57 bits per heavy atom. The number of H-pyrrole nitrogens is 1. The third kappa shape index (κ3) is 4.40. The summed E-state index contributed by atoms with van der Waals surface area (Å²) in [5.41, 5.74) is 2.14. The van der Waals surface area contributed by atoms with Gasteiger partial charge in [0.2, 0.25) is 5.91 Å². The van der Waals surface area contributed by atoms with Gasteiger partial charge in [-0.15, -0.1) is 0 Å². The first kappa shape index (κ1) is 20.6. The van der Waals surface area contributed by atoms with E-state index in [0.29, 0.717) is 43.9 Å². The Hall–Kier alpha value is -2.68. The number of piperazine rings is 1. The first-order valence-electron chi connectivity index (χ1n) is 10.6. The third-order valence-corrected chi connectivity index (χ3v) is 6.21. The minimum atomic E-state index is 0.0845. The molecule has 1 N–H and O–H groups in total. The SMILES string of the molecule is Cc1ccc(-c2n[nH]c(=S)n2CCC(=O)N2CCN(C(=O)N3CCCC3)CC2)cc1. The number of rotatable bonds is 4. The van der Waals surface area contributed by atoms with Crippen LogP contribution in [0.4, 0.5) is 4.79 Å². The molecule has 3 amide bonds. The Labute approximate surface area is 181 Å². The molecule has 3 heterocycles. The zero-order chi connectivity index (χ0) is 21.1. The molecule has 0 radical (unpaired) electrons. The van der Waals surface area contributed by atoms with Crippen molar-refractivity contribution < 1.29 is 9.59 Å². The van der Waals surface area contributed by atoms with Gasteiger partial charge in [-0.05, 0) is 32.0 Å². The van der Waals surface area contributed by atoms with Crippen LogP contribution in [0, 0.1) is 11.7 Å². The van der Waals surface area contributed by atoms with Gasteiger partial charge in [0.25, 0.3) is 0 Å². The number of aromatic nitrogens is 3. The highest BCUT2D eigenvalue weighted by Crippen LogP contribution is 2.19. The fraction of sp³-hybridized carbons (Fsp3) is 0.524. The number of amides is 3. The molecule has 9 heteroatoms. The second-order valence-corrected chi connectivity index (χ2v) is 8.35. The Bertz CT molecular complexity index is 953. The number of hydrogen-bond donors (Lipinski definition) is 1. The summed E-state index contributed by atoms with van der Waals surface area (Å²) < 4.78 is 2.39. The fourth-order valence-electron chi connectivity index (χ4n) is 4.07. The number of likely N-dealkylation sites (tertiary alicyclic amines) is 1. The standard InChI is InChI=1S/C21H28N6O2S/c1-16-4-6-17(7-5-16)19-22-23-20(30)27(19)11-8-18(28)24-12-14-26(15-13-24)21(29)25-9-2-3-10-25/h4-7H,2-3,8-15H2,1H3,(H,23,30). The highest BCUT2D eigenvalue weighted by Gasteiger charge is 2.28. The lowest BCUT2D eigenvalue weighted by molar-refractivity contribution is -0.132. The molecule has 160 valence electrons. The van der Waals surface area contributed by atoms with Crippen molar-refractivity contribution in [3.63, 3.8) is 0 Å². The minimum absolute atomic E-state index is 0.0845. The summed E-state index contributed by atoms with van der Waals surface area (Å²) in [5, 5.41) is 7.19. The predicted octanol–water partition coefficient (Wildman–Crippen LogP) is 2.67. The molecule has 2 aromatic rings. The Morgan fingerprint density at radius 3 is 2.23 bits per heavy atom. The summed E-state index contributed by atoms with van der Waals surface area (Å²) >= 11 is 5.37. The van der Waals surface area contributed by atoms with Crippen molar-refractivity contribution >= 4 is 24.2 Å². The molecule has 2 aliphatic rings. The lowest BCUT2D eigenvalue weighted by atomic mass is 10.1. The number of hydrogen-bond acceptors (Lipinski definition) is 4. The van der Waals surface area contributed by atoms with Gasteiger partial charge in [-0.25, -0.2) is 4.79 Å². The van der Waals surface area contributed by atoms with Crippen LogP contribution in [0.25, 0.3) is 11.4 Å². The number of nitrogens with one attached hydrogen (secondary N) is 1. The van der Waals surface area contributed by atoms with Crippen LogP contribution in [0.3, 0.4) is 0 Å². The Morgan fingerprint density at radius 1 is 0.967 bits per heavy atom. The normalized spacial score (nSPS) is 16.9. The Kier molecular flexibility index (Phi) is 6.17. The summed E-state index contributed by atoms with van der Waals surface area (Å²) in [6, 6.07) is 8.20. The van der Waals surface area contributed by atoms with E-state index >= 15 is 0 Å². The quantitative estimate of drug-likeness (QED) is 0.760. The summed E-state index contributed by atoms with van der Waals surface area (Å²) in [4.78, 5) is 30.9. The van der Waals surface area contributed by atoms with Crippen LogP contribution in [-0.4, -0.2) is 80.7 Å². The van der Waals surface area contributed by atoms with Crippen molar-refractivity contribution in [3.8, 4) is 11.4 Å². The predicted molar refractivity (Wildman–Crippen MR) is 117 cm³/mol. The van der Waals surface area contributed by atoms with E-state index in [2.05, 4.69) is 10.2 Å². The Balaban J connectivity index is 1.32. The van der Waals surface area contributed by atoms with Gasteiger partial charge in [0.15, 0.2) is 10.6 Å². The molecule has 4 rings (SSSR count). The number of nitrogens with zero attached hydrogens (tertiary/aromatic N) is 5. The van der Waals surface area contributed by atoms with Gasteiger partial charge < -0.3 is 14.7 Å². The second kappa shape index (κ2) is 8.99. The van der Waals surface area contributed by atoms with E-state index in [-0.39, 0.29) is 11.9 Å². The molecule has 1 aromatic carbocycles. The molecule has 0 bridgehead atoms. The lowest BCUT2D eigenvalue weighted by Gasteiger charge is -2.36. The zero-order valence-corrected chi connectivity index (χ0v) is 18.2. The molecule has 2 saturated heterocycles. The molecule has 0 atom stereocenters. The molecule has 30 heavy (non-hydrogen) atoms. The van der Waals surface area contributed by atoms with Gasteiger partial charge >= 0.3 is 6.03 Å². The molecular formula is C21H28N6O2S. The maximum absolute atomic E-state index is 12.8. The molecule has 8 nitrogen and oxygen atoms in total. The maximum Gasteiger partial charge on any atom is 0.320 e. The number of aromatic amines is 1. The monoisotopic (exact) mass is 428 g/mol. The average Bonchev–Trinajstić information content (AvgIpc) is 3.42. The van der Waals surface area contributed by atoms with E-state index in [1.54, 1.807) is 0 Å². The van der Waals surface area contributed by atoms with Crippen LogP contribution in [0.2, 0.25) is 0 Å². The van der Waals surface area contributed by atoms with Gasteiger partial charge in [-0.1, -0.05) is 29.8 Å². The van der Waals surface area contributed by atoms with E-state index in [0.717, 1.165) is 37.3 Å². The van der Waals surface area contributed by atoms with Gasteiger partial charge in [0, 0.05) is 57.8 Å². The van der Waals surface area contributed by atoms with E-state index in [1.165, 1.54) is 5.56 Å². The van der Waals surface area contributed by atoms with E-state index in [4.69, 9.17) is 12.2 Å². The molecule has 0 spiro atoms. The van der Waals surface area contributed by atoms with Crippen molar-refractivity contribution in [3.05, 3.63) is 34.6 Å². The van der Waals surface area contributed by atoms with Crippen molar-refractivity contribution in [1.29, 1.82) is 0 Å². The first-order chi connectivity index (χ1) is 14.5. The number of carbonyl (C=O) groups is 2. The number of aryl methyl sites for hydroxylation is 1. The minimum Gasteiger partial charge on any atom is -0.339 e. The van der Waals surface area contributed by atoms with Crippen molar-refractivity contribution in [1.82, 2.24) is 29.5 Å². The molecule has 2 fully saturated rings. The molecule has 0 aliphatic carbocycles.